The van der Waals surface area contributed by atoms with E-state index >= 15 is 0 Å². The van der Waals surface area contributed by atoms with Crippen LogP contribution in [-0.4, -0.2) is 21.4 Å². The van der Waals surface area contributed by atoms with Gasteiger partial charge in [-0.05, 0) is 24.3 Å². The van der Waals surface area contributed by atoms with Crippen molar-refractivity contribution in [3.63, 3.8) is 0 Å². The highest BCUT2D eigenvalue weighted by molar-refractivity contribution is 5.90. The fourth-order valence-corrected chi connectivity index (χ4v) is 2.46. The van der Waals surface area contributed by atoms with Gasteiger partial charge < -0.3 is 10.1 Å². The van der Waals surface area contributed by atoms with E-state index < -0.39 is 17.4 Å². The van der Waals surface area contributed by atoms with Gasteiger partial charge in [-0.3, -0.25) is 14.2 Å². The molecule has 3 rings (SSSR count). The van der Waals surface area contributed by atoms with Crippen molar-refractivity contribution in [1.29, 1.82) is 0 Å². The number of hydrogen-bond acceptors (Lipinski definition) is 5. The monoisotopic (exact) mass is 363 g/mol. The number of para-hydroxylation sites is 1. The summed E-state index contributed by atoms with van der Waals surface area (Å²) >= 11 is 0. The predicted molar refractivity (Wildman–Crippen MR) is 99.7 cm³/mol. The zero-order valence-electron chi connectivity index (χ0n) is 14.6. The molecule has 0 aliphatic heterocycles. The third-order valence-corrected chi connectivity index (χ3v) is 3.74. The van der Waals surface area contributed by atoms with Crippen LogP contribution in [0.25, 0.3) is 5.69 Å². The molecule has 0 spiro atoms. The number of ether oxygens (including phenoxy) is 1. The molecule has 7 nitrogen and oxygen atoms in total. The van der Waals surface area contributed by atoms with Crippen LogP contribution in [0.3, 0.4) is 0 Å². The number of carbonyl (C=O) groups excluding carboxylic acids is 2. The zero-order valence-corrected chi connectivity index (χ0v) is 14.6. The maximum absolute atomic E-state index is 12.8. The first-order chi connectivity index (χ1) is 13.1. The first kappa shape index (κ1) is 18.1. The third-order valence-electron chi connectivity index (χ3n) is 3.74. The standard InChI is InChI=1S/C20H17N3O4/c1-14(24)22-18-17(12-27-20(26)15-8-4-2-5-9-15)21-13-23(19(18)25)16-10-6-3-7-11-16/h2-11,13H,12H2,1H3,(H,22,24). The average molecular weight is 363 g/mol. The molecular weight excluding hydrogens is 346 g/mol. The summed E-state index contributed by atoms with van der Waals surface area (Å²) in [7, 11) is 0. The second-order valence-corrected chi connectivity index (χ2v) is 5.70. The van der Waals surface area contributed by atoms with Gasteiger partial charge in [0, 0.05) is 6.92 Å². The van der Waals surface area contributed by atoms with Crippen molar-refractivity contribution in [3.05, 3.63) is 88.6 Å². The SMILES string of the molecule is CC(=O)Nc1c(COC(=O)c2ccccc2)ncn(-c2ccccc2)c1=O. The maximum atomic E-state index is 12.8. The molecule has 0 aliphatic carbocycles. The van der Waals surface area contributed by atoms with Crippen LogP contribution in [0, 0.1) is 0 Å². The number of rotatable bonds is 5. The van der Waals surface area contributed by atoms with Gasteiger partial charge in [-0.25, -0.2) is 9.78 Å². The Bertz CT molecular complexity index is 1010. The Morgan fingerprint density at radius 2 is 1.67 bits per heavy atom. The lowest BCUT2D eigenvalue weighted by molar-refractivity contribution is -0.114. The lowest BCUT2D eigenvalue weighted by atomic mass is 10.2. The Morgan fingerprint density at radius 3 is 2.30 bits per heavy atom. The van der Waals surface area contributed by atoms with E-state index in [0.29, 0.717) is 11.3 Å². The van der Waals surface area contributed by atoms with Crippen LogP contribution in [0.15, 0.2) is 71.8 Å². The summed E-state index contributed by atoms with van der Waals surface area (Å²) < 4.78 is 6.55. The first-order valence-electron chi connectivity index (χ1n) is 8.22. The summed E-state index contributed by atoms with van der Waals surface area (Å²) in [5.74, 6) is -0.964. The molecule has 136 valence electrons. The quantitative estimate of drug-likeness (QED) is 0.704. The van der Waals surface area contributed by atoms with E-state index in [1.165, 1.54) is 17.8 Å². The summed E-state index contributed by atoms with van der Waals surface area (Å²) in [5.41, 5.74) is 0.684. The normalized spacial score (nSPS) is 10.3. The zero-order chi connectivity index (χ0) is 19.2. The molecule has 1 N–H and O–H groups in total. The molecule has 0 unspecified atom stereocenters. The highest BCUT2D eigenvalue weighted by Gasteiger charge is 2.16. The minimum absolute atomic E-state index is 0.0188. The lowest BCUT2D eigenvalue weighted by Gasteiger charge is -2.12. The number of benzene rings is 2. The highest BCUT2D eigenvalue weighted by atomic mass is 16.5. The van der Waals surface area contributed by atoms with Crippen molar-refractivity contribution >= 4 is 17.6 Å². The third kappa shape index (κ3) is 4.27. The number of aromatic nitrogens is 2. The molecule has 0 atom stereocenters. The van der Waals surface area contributed by atoms with Crippen LogP contribution in [0.1, 0.15) is 23.0 Å². The summed E-state index contributed by atoms with van der Waals surface area (Å²) in [6.07, 6.45) is 1.34. The molecule has 0 saturated carbocycles. The number of nitrogens with one attached hydrogen (secondary N) is 1. The van der Waals surface area contributed by atoms with Crippen LogP contribution in [0.5, 0.6) is 0 Å². The summed E-state index contributed by atoms with van der Waals surface area (Å²) in [6.45, 7) is 1.05. The molecule has 0 bridgehead atoms. The Labute approximate surface area is 155 Å². The van der Waals surface area contributed by atoms with Crippen molar-refractivity contribution in [2.24, 2.45) is 0 Å². The van der Waals surface area contributed by atoms with E-state index in [2.05, 4.69) is 10.3 Å². The Balaban J connectivity index is 1.90. The van der Waals surface area contributed by atoms with E-state index in [4.69, 9.17) is 4.74 Å². The fraction of sp³-hybridized carbons (Fsp3) is 0.100. The fourth-order valence-electron chi connectivity index (χ4n) is 2.46. The summed E-state index contributed by atoms with van der Waals surface area (Å²) in [6, 6.07) is 17.4. The maximum Gasteiger partial charge on any atom is 0.338 e. The van der Waals surface area contributed by atoms with Gasteiger partial charge in [0.05, 0.1) is 11.3 Å². The van der Waals surface area contributed by atoms with Crippen molar-refractivity contribution in [3.8, 4) is 5.69 Å². The van der Waals surface area contributed by atoms with Gasteiger partial charge in [0.2, 0.25) is 5.91 Å². The van der Waals surface area contributed by atoms with E-state index in [1.807, 2.05) is 6.07 Å². The largest absolute Gasteiger partial charge is 0.455 e. The van der Waals surface area contributed by atoms with E-state index in [-0.39, 0.29) is 18.0 Å². The average Bonchev–Trinajstić information content (AvgIpc) is 2.69. The smallest absolute Gasteiger partial charge is 0.338 e. The van der Waals surface area contributed by atoms with Gasteiger partial charge in [0.1, 0.15) is 24.3 Å². The molecular formula is C20H17N3O4. The second-order valence-electron chi connectivity index (χ2n) is 5.70. The molecule has 0 aliphatic rings. The van der Waals surface area contributed by atoms with E-state index in [9.17, 15) is 14.4 Å². The van der Waals surface area contributed by atoms with Gasteiger partial charge in [0.25, 0.3) is 5.56 Å². The summed E-state index contributed by atoms with van der Waals surface area (Å²) in [5, 5.41) is 2.49. The summed E-state index contributed by atoms with van der Waals surface area (Å²) in [4.78, 5) is 40.6. The minimum atomic E-state index is -0.543. The number of hydrogen-bond donors (Lipinski definition) is 1. The lowest BCUT2D eigenvalue weighted by Crippen LogP contribution is -2.27. The topological polar surface area (TPSA) is 90.3 Å². The van der Waals surface area contributed by atoms with Gasteiger partial charge in [0.15, 0.2) is 0 Å². The molecule has 27 heavy (non-hydrogen) atoms. The van der Waals surface area contributed by atoms with Gasteiger partial charge >= 0.3 is 5.97 Å². The molecule has 0 saturated heterocycles. The number of anilines is 1. The van der Waals surface area contributed by atoms with Crippen molar-refractivity contribution < 1.29 is 14.3 Å². The minimum Gasteiger partial charge on any atom is -0.455 e. The predicted octanol–water partition coefficient (Wildman–Crippen LogP) is 2.55. The Hall–Kier alpha value is -3.74. The molecule has 2 aromatic carbocycles. The Kier molecular flexibility index (Phi) is 5.41. The number of esters is 1. The van der Waals surface area contributed by atoms with Crippen LogP contribution in [0.4, 0.5) is 5.69 Å². The molecule has 7 heteroatoms. The van der Waals surface area contributed by atoms with Crippen molar-refractivity contribution in [2.75, 3.05) is 5.32 Å². The van der Waals surface area contributed by atoms with Gasteiger partial charge in [-0.1, -0.05) is 36.4 Å². The van der Waals surface area contributed by atoms with E-state index in [0.717, 1.165) is 0 Å². The molecule has 1 amide bonds. The molecule has 3 aromatic rings. The number of amides is 1. The van der Waals surface area contributed by atoms with Crippen LogP contribution in [0.2, 0.25) is 0 Å². The van der Waals surface area contributed by atoms with Crippen molar-refractivity contribution in [1.82, 2.24) is 9.55 Å². The van der Waals surface area contributed by atoms with Gasteiger partial charge in [-0.15, -0.1) is 0 Å². The molecule has 0 fully saturated rings. The van der Waals surface area contributed by atoms with Crippen LogP contribution >= 0.6 is 0 Å². The molecule has 0 radical (unpaired) electrons. The highest BCUT2D eigenvalue weighted by Crippen LogP contribution is 2.13. The Morgan fingerprint density at radius 1 is 1.04 bits per heavy atom. The molecule has 1 heterocycles. The van der Waals surface area contributed by atoms with Crippen LogP contribution < -0.4 is 10.9 Å². The van der Waals surface area contributed by atoms with Crippen molar-refractivity contribution in [2.45, 2.75) is 13.5 Å². The molecule has 1 aromatic heterocycles. The first-order valence-corrected chi connectivity index (χ1v) is 8.22. The number of carbonyl (C=O) groups is 2. The second kappa shape index (κ2) is 8.09. The van der Waals surface area contributed by atoms with Crippen LogP contribution in [-0.2, 0) is 16.1 Å². The number of nitrogens with zero attached hydrogens (tertiary/aromatic N) is 2. The van der Waals surface area contributed by atoms with Gasteiger partial charge in [-0.2, -0.15) is 0 Å². The van der Waals surface area contributed by atoms with E-state index in [1.54, 1.807) is 54.6 Å².